The van der Waals surface area contributed by atoms with Gasteiger partial charge in [-0.05, 0) is 119 Å². The fourth-order valence-electron chi connectivity index (χ4n) is 11.9. The van der Waals surface area contributed by atoms with Crippen LogP contribution in [0.15, 0.2) is 158 Å². The number of alkyl halides is 1. The van der Waals surface area contributed by atoms with Gasteiger partial charge in [-0.1, -0.05) is 110 Å². The molecule has 12 aromatic rings. The van der Waals surface area contributed by atoms with Crippen LogP contribution in [-0.4, -0.2) is 115 Å². The molecule has 3 aliphatic carbocycles. The van der Waals surface area contributed by atoms with Crippen molar-refractivity contribution in [3.63, 3.8) is 0 Å². The van der Waals surface area contributed by atoms with Gasteiger partial charge in [0.15, 0.2) is 29.1 Å². The van der Waals surface area contributed by atoms with Crippen LogP contribution < -0.4 is 34.7 Å². The molecule has 542 valence electrons. The molecule has 4 N–H and O–H groups in total. The Morgan fingerprint density at radius 1 is 0.524 bits per heavy atom. The number of nitrogens with zero attached hydrogens (tertiary/aromatic N) is 8. The van der Waals surface area contributed by atoms with Crippen LogP contribution in [-0.2, 0) is 22.6 Å². The summed E-state index contributed by atoms with van der Waals surface area (Å²) in [6.45, 7) is 4.25. The zero-order valence-corrected chi connectivity index (χ0v) is 64.4. The number of aliphatic hydroxyl groups is 3. The second-order valence-corrected chi connectivity index (χ2v) is 29.0. The Hall–Kier alpha value is -7.16. The molecule has 3 aliphatic rings. The van der Waals surface area contributed by atoms with Crippen molar-refractivity contribution in [1.29, 1.82) is 0 Å². The average Bonchev–Trinajstić information content (AvgIpc) is 1.58. The van der Waals surface area contributed by atoms with Gasteiger partial charge in [0.05, 0.1) is 130 Å². The number of ether oxygens (including phenoxy) is 2. The number of carboxylic acid groups (broad SMARTS) is 1. The summed E-state index contributed by atoms with van der Waals surface area (Å²) in [5.74, 6) is -6.53. The first-order chi connectivity index (χ1) is 50.3. The maximum atomic E-state index is 15.5. The molecule has 105 heavy (non-hydrogen) atoms. The number of carbonyl (C=O) groups excluding carboxylic acids is 3. The van der Waals surface area contributed by atoms with E-state index in [-0.39, 0.29) is 139 Å². The molecule has 32 heteroatoms. The predicted octanol–water partition coefficient (Wildman–Crippen LogP) is 14.0. The number of aromatic amines is 1. The van der Waals surface area contributed by atoms with E-state index in [2.05, 4.69) is 36.3 Å². The van der Waals surface area contributed by atoms with E-state index in [1.54, 1.807) is 112 Å². The second kappa shape index (κ2) is 34.8. The number of carbonyl (C=O) groups is 3. The monoisotopic (exact) mass is 1630 g/mol. The van der Waals surface area contributed by atoms with Crippen molar-refractivity contribution in [1.82, 2.24) is 43.5 Å². The summed E-state index contributed by atoms with van der Waals surface area (Å²) >= 11 is 24.8. The van der Waals surface area contributed by atoms with E-state index >= 15 is 22.0 Å². The topological polar surface area (TPSA) is 233 Å². The number of hydrogen-bond acceptors (Lipinski definition) is 15. The van der Waals surface area contributed by atoms with Gasteiger partial charge in [0.1, 0.15) is 5.82 Å². The molecule has 0 aliphatic heterocycles. The van der Waals surface area contributed by atoms with E-state index in [0.29, 0.717) is 60.4 Å². The molecule has 6 aromatic heterocycles. The number of nitrogens with one attached hydrogen (secondary N) is 1. The number of halogens is 10. The quantitative estimate of drug-likeness (QED) is 0.0214. The minimum atomic E-state index is -1.60. The Morgan fingerprint density at radius 3 is 1.17 bits per heavy atom. The molecule has 18 nitrogen and oxygen atoms in total. The van der Waals surface area contributed by atoms with Gasteiger partial charge in [-0.2, -0.15) is 15.3 Å². The number of benzene rings is 6. The molecule has 0 spiro atoms. The number of esters is 2. The molecular formula is C73H62BrCl3F6N9NaO9S3. The molecule has 0 radical (unpaired) electrons. The number of aromatic carboxylic acids is 1. The van der Waals surface area contributed by atoms with Crippen LogP contribution in [0.1, 0.15) is 118 Å². The van der Waals surface area contributed by atoms with Gasteiger partial charge in [0.2, 0.25) is 0 Å². The van der Waals surface area contributed by atoms with Crippen LogP contribution in [0.2, 0.25) is 15.1 Å². The van der Waals surface area contributed by atoms with Crippen molar-refractivity contribution in [3.8, 4) is 17.1 Å². The Kier molecular flexibility index (Phi) is 26.2. The first kappa shape index (κ1) is 78.9. The van der Waals surface area contributed by atoms with Crippen LogP contribution in [0.3, 0.4) is 0 Å². The van der Waals surface area contributed by atoms with Gasteiger partial charge >= 0.3 is 41.5 Å². The van der Waals surface area contributed by atoms with E-state index in [4.69, 9.17) is 49.4 Å². The molecule has 6 heterocycles. The molecule has 3 saturated carbocycles. The van der Waals surface area contributed by atoms with Crippen molar-refractivity contribution in [3.05, 3.63) is 212 Å². The number of aromatic nitrogens is 9. The zero-order chi connectivity index (χ0) is 73.8. The Bertz CT molecular complexity index is 5220. The summed E-state index contributed by atoms with van der Waals surface area (Å²) in [5, 5.41) is 55.3. The van der Waals surface area contributed by atoms with Crippen molar-refractivity contribution in [2.24, 2.45) is 0 Å². The third-order valence-corrected chi connectivity index (χ3v) is 21.6. The van der Waals surface area contributed by atoms with E-state index in [9.17, 15) is 34.1 Å². The molecule has 3 fully saturated rings. The molecular weight excluding hydrogens is 1570 g/mol. The van der Waals surface area contributed by atoms with Crippen LogP contribution in [0.4, 0.5) is 26.3 Å². The summed E-state index contributed by atoms with van der Waals surface area (Å²) in [5.41, 5.74) is 4.45. The molecule has 15 rings (SSSR count). The number of rotatable bonds is 22. The Morgan fingerprint density at radius 2 is 0.867 bits per heavy atom. The van der Waals surface area contributed by atoms with Gasteiger partial charge < -0.3 is 48.4 Å². The Labute approximate surface area is 654 Å². The molecule has 0 amide bonds. The average molecular weight is 1630 g/mol. The maximum absolute atomic E-state index is 15.5. The van der Waals surface area contributed by atoms with Crippen LogP contribution in [0.25, 0.3) is 49.8 Å². The molecule has 0 bridgehead atoms. The maximum Gasteiger partial charge on any atom is 1.00 e. The van der Waals surface area contributed by atoms with Crippen molar-refractivity contribution in [2.75, 3.05) is 38.4 Å². The van der Waals surface area contributed by atoms with Gasteiger partial charge in [0.25, 0.3) is 0 Å². The molecule has 0 unspecified atom stereocenters. The minimum Gasteiger partial charge on any atom is -0.545 e. The largest absolute Gasteiger partial charge is 1.00 e. The normalized spacial score (nSPS) is 13.2. The summed E-state index contributed by atoms with van der Waals surface area (Å²) < 4.78 is 110. The first-order valence-corrected chi connectivity index (χ1v) is 37.4. The fraction of sp³-hybridized carbons (Fsp3) is 0.260. The van der Waals surface area contributed by atoms with Crippen LogP contribution in [0, 0.1) is 34.9 Å². The summed E-state index contributed by atoms with van der Waals surface area (Å²) in [6.07, 6.45) is 15.4. The number of hydrogen-bond donors (Lipinski definition) is 4. The number of carboxylic acids is 1. The number of aliphatic hydroxyl groups excluding tert-OH is 3. The predicted molar refractivity (Wildman–Crippen MR) is 387 cm³/mol. The van der Waals surface area contributed by atoms with Crippen molar-refractivity contribution < 1.29 is 100 Å². The fourth-order valence-corrected chi connectivity index (χ4v) is 16.0. The Balaban J connectivity index is 0.000000153. The zero-order valence-electron chi connectivity index (χ0n) is 56.1. The van der Waals surface area contributed by atoms with Crippen molar-refractivity contribution in [2.45, 2.75) is 113 Å². The SMILES string of the molecule is CCOC(=O)c1cccc(Sc2c(C3CC3)n(-c3cn[nH]c3)c3c(F)c(Cl)ccc23)c1F.CCOC(=O)c1cccc(Sc2c(C3CC3)n(-c3cnn(CCO)c3)c3c(F)c(Cl)ccc23)c1F.O=C([O-])c1cccc(Sc2c(C3CC3)n(-c3cnn(CCO)c3)c3c(F)c(Cl)ccc23)c1F.OCCBr.[Na+]. The third kappa shape index (κ3) is 16.6. The van der Waals surface area contributed by atoms with Crippen molar-refractivity contribution >= 4 is 137 Å². The van der Waals surface area contributed by atoms with Gasteiger partial charge in [-0.3, -0.25) is 14.5 Å². The molecule has 0 saturated heterocycles. The van der Waals surface area contributed by atoms with E-state index in [1.165, 1.54) is 54.2 Å². The minimum absolute atomic E-state index is 0. The first-order valence-electron chi connectivity index (χ1n) is 32.7. The second-order valence-electron chi connectivity index (χ2n) is 23.9. The van der Waals surface area contributed by atoms with E-state index in [1.807, 2.05) is 4.57 Å². The van der Waals surface area contributed by atoms with Crippen LogP contribution >= 0.6 is 86.0 Å². The smallest absolute Gasteiger partial charge is 0.545 e. The molecule has 6 aromatic carbocycles. The number of H-pyrrole nitrogens is 1. The van der Waals surface area contributed by atoms with Gasteiger partial charge in [0, 0.05) is 110 Å². The summed E-state index contributed by atoms with van der Waals surface area (Å²) in [7, 11) is 0. The number of fused-ring (bicyclic) bond motifs is 3. The van der Waals surface area contributed by atoms with E-state index in [0.717, 1.165) is 90.1 Å². The van der Waals surface area contributed by atoms with E-state index < -0.39 is 58.4 Å². The van der Waals surface area contributed by atoms with Crippen LogP contribution in [0.5, 0.6) is 0 Å². The standard InChI is InChI=1S/C25H22ClF2N3O3S.C23H18ClF2N3O3S.C23H18ClF2N3O2S.C2H5BrO.Na/c1-2-34-25(33)16-4-3-5-19(20(16)27)35-24-17-8-9-18(26)21(28)23(17)31(22(24)14-6-7-14)15-12-29-30(13-15)10-11-32;24-16-7-6-15-21(19(16)26)29(13-10-27-28(11-13)8-9-30)20(12-4-5-12)22(15)33-17-3-1-2-14(18(17)25)23(31)32;1-2-31-23(30)14-4-3-5-17(18(14)25)32-22-15-8-9-16(24)19(26)21(15)29(13-10-27-28-11-13)20(22)12-6-7-12;3-1-2-4;/h3-5,8-9,12-14,32H,2,6-7,10-11H2,1H3;1-3,6-7,10-12,30H,4-5,8-9H2,(H,31,32);3-5,8-12H,2,6-7H2,1H3,(H,27,28);4H,1-2H2;/q;;;;+1/p-1. The van der Waals surface area contributed by atoms with Gasteiger partial charge in [-0.25, -0.2) is 35.9 Å². The summed E-state index contributed by atoms with van der Waals surface area (Å²) in [6, 6.07) is 22.9. The van der Waals surface area contributed by atoms with Gasteiger partial charge in [-0.15, -0.1) is 0 Å². The molecule has 0 atom stereocenters. The summed E-state index contributed by atoms with van der Waals surface area (Å²) in [4.78, 5) is 38.4. The third-order valence-electron chi connectivity index (χ3n) is 16.9.